The van der Waals surface area contributed by atoms with Crippen LogP contribution in [0.15, 0.2) is 42.0 Å². The fourth-order valence-electron chi connectivity index (χ4n) is 5.73. The molecule has 1 aliphatic heterocycles. The van der Waals surface area contributed by atoms with Crippen molar-refractivity contribution in [2.24, 2.45) is 5.41 Å². The summed E-state index contributed by atoms with van der Waals surface area (Å²) in [6, 6.07) is 8.90. The van der Waals surface area contributed by atoms with E-state index in [0.29, 0.717) is 16.9 Å². The standard InChI is InChI=1S/C31H36F3NO5/c1-18-11-21(15-23(12-18)31(32,33)34)28-19(2)35(29(37)40-28)17-22-16-30(3,4)10-9-24(22)25-13-20(14-27(36)39-6)7-8-26(25)38-5/h7-8,11-13,15,19,28H,9-10,14,16-17H2,1-6H3/t19-,28-/m0/s1. The summed E-state index contributed by atoms with van der Waals surface area (Å²) in [4.78, 5) is 26.7. The zero-order valence-corrected chi connectivity index (χ0v) is 23.8. The van der Waals surface area contributed by atoms with Crippen LogP contribution in [0.3, 0.4) is 0 Å². The number of rotatable bonds is 7. The van der Waals surface area contributed by atoms with E-state index in [4.69, 9.17) is 14.2 Å². The van der Waals surface area contributed by atoms with E-state index in [-0.39, 0.29) is 24.3 Å². The van der Waals surface area contributed by atoms with Gasteiger partial charge >= 0.3 is 18.2 Å². The Kier molecular flexibility index (Phi) is 8.24. The molecule has 0 N–H and O–H groups in total. The van der Waals surface area contributed by atoms with E-state index in [1.807, 2.05) is 18.2 Å². The summed E-state index contributed by atoms with van der Waals surface area (Å²) in [5, 5.41) is 0. The lowest BCUT2D eigenvalue weighted by Crippen LogP contribution is -2.35. The van der Waals surface area contributed by atoms with Gasteiger partial charge in [0.25, 0.3) is 0 Å². The number of carbonyl (C=O) groups is 2. The number of methoxy groups -OCH3 is 2. The minimum atomic E-state index is -4.50. The van der Waals surface area contributed by atoms with Gasteiger partial charge in [-0.15, -0.1) is 0 Å². The molecule has 2 aromatic rings. The van der Waals surface area contributed by atoms with Crippen molar-refractivity contribution in [1.29, 1.82) is 0 Å². The van der Waals surface area contributed by atoms with Gasteiger partial charge in [0, 0.05) is 12.1 Å². The Hall–Kier alpha value is -3.49. The molecule has 6 nitrogen and oxygen atoms in total. The zero-order chi connectivity index (χ0) is 29.4. The number of cyclic esters (lactones) is 1. The van der Waals surface area contributed by atoms with Gasteiger partial charge in [-0.05, 0) is 85.1 Å². The second-order valence-electron chi connectivity index (χ2n) is 11.5. The minimum absolute atomic E-state index is 0.0138. The minimum Gasteiger partial charge on any atom is -0.496 e. The third kappa shape index (κ3) is 6.29. The maximum atomic E-state index is 13.5. The van der Waals surface area contributed by atoms with Gasteiger partial charge in [-0.2, -0.15) is 13.2 Å². The molecule has 216 valence electrons. The van der Waals surface area contributed by atoms with Crippen molar-refractivity contribution in [3.8, 4) is 5.75 Å². The number of hydrogen-bond donors (Lipinski definition) is 0. The predicted molar refractivity (Wildman–Crippen MR) is 145 cm³/mol. The van der Waals surface area contributed by atoms with Gasteiger partial charge in [0.1, 0.15) is 11.9 Å². The molecule has 0 aromatic heterocycles. The van der Waals surface area contributed by atoms with Crippen LogP contribution in [0, 0.1) is 12.3 Å². The lowest BCUT2D eigenvalue weighted by atomic mass is 9.72. The average molecular weight is 560 g/mol. The van der Waals surface area contributed by atoms with Crippen molar-refractivity contribution in [1.82, 2.24) is 4.90 Å². The molecule has 1 heterocycles. The molecular formula is C31H36F3NO5. The topological polar surface area (TPSA) is 65.1 Å². The third-order valence-electron chi connectivity index (χ3n) is 7.84. The second kappa shape index (κ2) is 11.2. The number of amides is 1. The number of carbonyl (C=O) groups excluding carboxylic acids is 2. The van der Waals surface area contributed by atoms with Crippen LogP contribution in [0.4, 0.5) is 18.0 Å². The van der Waals surface area contributed by atoms with Crippen molar-refractivity contribution >= 4 is 17.6 Å². The number of aryl methyl sites for hydroxylation is 1. The highest BCUT2D eigenvalue weighted by molar-refractivity contribution is 5.78. The van der Waals surface area contributed by atoms with Crippen LogP contribution in [-0.2, 0) is 26.9 Å². The highest BCUT2D eigenvalue weighted by Crippen LogP contribution is 2.46. The molecule has 1 saturated heterocycles. The Balaban J connectivity index is 1.71. The Labute approximate surface area is 233 Å². The smallest absolute Gasteiger partial charge is 0.416 e. The van der Waals surface area contributed by atoms with Gasteiger partial charge in [-0.25, -0.2) is 4.79 Å². The van der Waals surface area contributed by atoms with E-state index in [2.05, 4.69) is 13.8 Å². The lowest BCUT2D eigenvalue weighted by molar-refractivity contribution is -0.140. The normalized spacial score (nSPS) is 20.9. The first-order valence-electron chi connectivity index (χ1n) is 13.3. The SMILES string of the molecule is COC(=O)Cc1ccc(OC)c(C2=C(CN3C(=O)O[C@H](c4cc(C)cc(C(F)(F)F)c4)[C@@H]3C)CC(C)(C)CC2)c1. The van der Waals surface area contributed by atoms with E-state index in [1.165, 1.54) is 7.11 Å². The molecule has 2 atom stereocenters. The summed E-state index contributed by atoms with van der Waals surface area (Å²) < 4.78 is 56.7. The summed E-state index contributed by atoms with van der Waals surface area (Å²) in [7, 11) is 2.94. The zero-order valence-electron chi connectivity index (χ0n) is 23.8. The van der Waals surface area contributed by atoms with Crippen LogP contribution in [0.1, 0.15) is 74.0 Å². The molecule has 1 fully saturated rings. The molecule has 0 saturated carbocycles. The Morgan fingerprint density at radius 2 is 1.88 bits per heavy atom. The van der Waals surface area contributed by atoms with Crippen molar-refractivity contribution in [3.05, 3.63) is 69.8 Å². The summed E-state index contributed by atoms with van der Waals surface area (Å²) in [5.74, 6) is 0.315. The van der Waals surface area contributed by atoms with Gasteiger partial charge in [0.2, 0.25) is 0 Å². The molecule has 0 spiro atoms. The van der Waals surface area contributed by atoms with E-state index in [9.17, 15) is 22.8 Å². The number of ether oxygens (including phenoxy) is 3. The van der Waals surface area contributed by atoms with Gasteiger partial charge in [0.15, 0.2) is 0 Å². The first kappa shape index (κ1) is 29.5. The number of nitrogens with zero attached hydrogens (tertiary/aromatic N) is 1. The van der Waals surface area contributed by atoms with Gasteiger partial charge in [0.05, 0.1) is 32.2 Å². The highest BCUT2D eigenvalue weighted by atomic mass is 19.4. The Bertz CT molecular complexity index is 1330. The summed E-state index contributed by atoms with van der Waals surface area (Å²) >= 11 is 0. The predicted octanol–water partition coefficient (Wildman–Crippen LogP) is 7.28. The van der Waals surface area contributed by atoms with Crippen LogP contribution in [0.25, 0.3) is 5.57 Å². The third-order valence-corrected chi connectivity index (χ3v) is 7.84. The number of benzene rings is 2. The van der Waals surface area contributed by atoms with Crippen LogP contribution in [-0.4, -0.2) is 43.8 Å². The summed E-state index contributed by atoms with van der Waals surface area (Å²) in [6.07, 6.45) is -3.38. The number of allylic oxidation sites excluding steroid dienone is 1. The van der Waals surface area contributed by atoms with E-state index in [0.717, 1.165) is 53.7 Å². The molecule has 2 aromatic carbocycles. The molecule has 1 amide bonds. The molecule has 0 bridgehead atoms. The number of alkyl halides is 3. The second-order valence-corrected chi connectivity index (χ2v) is 11.5. The molecule has 2 aliphatic rings. The highest BCUT2D eigenvalue weighted by Gasteiger charge is 2.42. The molecular weight excluding hydrogens is 523 g/mol. The number of halogens is 3. The maximum Gasteiger partial charge on any atom is 0.416 e. The number of esters is 1. The summed E-state index contributed by atoms with van der Waals surface area (Å²) in [5.41, 5.74) is 3.72. The molecule has 40 heavy (non-hydrogen) atoms. The molecule has 4 rings (SSSR count). The van der Waals surface area contributed by atoms with Crippen LogP contribution < -0.4 is 4.74 Å². The average Bonchev–Trinajstić information content (AvgIpc) is 3.16. The van der Waals surface area contributed by atoms with Crippen LogP contribution in [0.5, 0.6) is 5.75 Å². The molecule has 1 aliphatic carbocycles. The van der Waals surface area contributed by atoms with Crippen LogP contribution >= 0.6 is 0 Å². The molecule has 0 radical (unpaired) electrons. The van der Waals surface area contributed by atoms with Gasteiger partial charge in [-0.3, -0.25) is 9.69 Å². The van der Waals surface area contributed by atoms with E-state index >= 15 is 0 Å². The van der Waals surface area contributed by atoms with Crippen molar-refractivity contribution in [3.63, 3.8) is 0 Å². The Morgan fingerprint density at radius 3 is 2.52 bits per heavy atom. The lowest BCUT2D eigenvalue weighted by Gasteiger charge is -2.36. The fraction of sp³-hybridized carbons (Fsp3) is 0.484. The quantitative estimate of drug-likeness (QED) is 0.334. The summed E-state index contributed by atoms with van der Waals surface area (Å²) in [6.45, 7) is 8.03. The van der Waals surface area contributed by atoms with Crippen molar-refractivity contribution in [2.45, 2.75) is 71.7 Å². The fourth-order valence-corrected chi connectivity index (χ4v) is 5.73. The van der Waals surface area contributed by atoms with Gasteiger partial charge in [-0.1, -0.05) is 31.5 Å². The van der Waals surface area contributed by atoms with E-state index in [1.54, 1.807) is 31.9 Å². The molecule has 9 heteroatoms. The van der Waals surface area contributed by atoms with E-state index < -0.39 is 30.0 Å². The monoisotopic (exact) mass is 559 g/mol. The molecule has 0 unspecified atom stereocenters. The van der Waals surface area contributed by atoms with Gasteiger partial charge < -0.3 is 14.2 Å². The first-order chi connectivity index (χ1) is 18.7. The Morgan fingerprint density at radius 1 is 1.15 bits per heavy atom. The first-order valence-corrected chi connectivity index (χ1v) is 13.3. The van der Waals surface area contributed by atoms with Crippen molar-refractivity contribution < 1.29 is 37.0 Å². The maximum absolute atomic E-state index is 13.5. The van der Waals surface area contributed by atoms with Crippen molar-refractivity contribution in [2.75, 3.05) is 20.8 Å². The number of hydrogen-bond acceptors (Lipinski definition) is 5. The largest absolute Gasteiger partial charge is 0.496 e. The van der Waals surface area contributed by atoms with Crippen LogP contribution in [0.2, 0.25) is 0 Å².